The molecule has 2 aromatic rings. The summed E-state index contributed by atoms with van der Waals surface area (Å²) in [6.45, 7) is 4.72. The molecule has 0 aliphatic carbocycles. The monoisotopic (exact) mass is 299 g/mol. The molecule has 0 bridgehead atoms. The van der Waals surface area contributed by atoms with E-state index in [0.29, 0.717) is 6.79 Å². The number of hydrogen-bond acceptors (Lipinski definition) is 4. The minimum atomic E-state index is 0.314. The van der Waals surface area contributed by atoms with E-state index < -0.39 is 0 Å². The molecule has 4 heteroatoms. The number of hydrogen-bond donors (Lipinski definition) is 1. The summed E-state index contributed by atoms with van der Waals surface area (Å²) >= 11 is 0. The maximum atomic E-state index is 5.77. The summed E-state index contributed by atoms with van der Waals surface area (Å²) < 4.78 is 16.5. The van der Waals surface area contributed by atoms with Gasteiger partial charge in [0.25, 0.3) is 0 Å². The second kappa shape index (κ2) is 7.18. The lowest BCUT2D eigenvalue weighted by Crippen LogP contribution is -2.13. The molecule has 3 rings (SSSR count). The van der Waals surface area contributed by atoms with Crippen LogP contribution in [0.15, 0.2) is 42.5 Å². The van der Waals surface area contributed by atoms with E-state index in [2.05, 4.69) is 24.4 Å². The lowest BCUT2D eigenvalue weighted by molar-refractivity contribution is 0.174. The van der Waals surface area contributed by atoms with E-state index in [4.69, 9.17) is 14.2 Å². The van der Waals surface area contributed by atoms with Crippen molar-refractivity contribution in [3.05, 3.63) is 53.6 Å². The number of ether oxygens (including phenoxy) is 3. The summed E-state index contributed by atoms with van der Waals surface area (Å²) in [5.41, 5.74) is 2.35. The van der Waals surface area contributed by atoms with Crippen LogP contribution in [0.5, 0.6) is 17.2 Å². The van der Waals surface area contributed by atoms with Crippen LogP contribution in [-0.4, -0.2) is 13.4 Å². The van der Waals surface area contributed by atoms with Gasteiger partial charge in [0.05, 0.1) is 6.61 Å². The highest BCUT2D eigenvalue weighted by Gasteiger charge is 2.12. The Morgan fingerprint density at radius 2 is 1.91 bits per heavy atom. The van der Waals surface area contributed by atoms with Gasteiger partial charge in [-0.15, -0.1) is 0 Å². The van der Waals surface area contributed by atoms with E-state index in [1.807, 2.05) is 30.3 Å². The molecule has 4 nitrogen and oxygen atoms in total. The zero-order valence-electron chi connectivity index (χ0n) is 12.8. The Hall–Kier alpha value is -2.20. The zero-order chi connectivity index (χ0) is 15.2. The maximum absolute atomic E-state index is 5.77. The SMILES string of the molecule is CCCOc1ccccc1CNCc1ccc2c(c1)OCO2. The molecule has 0 saturated carbocycles. The Balaban J connectivity index is 1.57. The lowest BCUT2D eigenvalue weighted by Gasteiger charge is -2.11. The fraction of sp³-hybridized carbons (Fsp3) is 0.333. The minimum absolute atomic E-state index is 0.314. The van der Waals surface area contributed by atoms with Gasteiger partial charge < -0.3 is 19.5 Å². The van der Waals surface area contributed by atoms with Crippen molar-refractivity contribution in [1.29, 1.82) is 0 Å². The van der Waals surface area contributed by atoms with E-state index in [0.717, 1.165) is 43.4 Å². The quantitative estimate of drug-likeness (QED) is 0.849. The van der Waals surface area contributed by atoms with Crippen molar-refractivity contribution in [3.8, 4) is 17.2 Å². The highest BCUT2D eigenvalue weighted by Crippen LogP contribution is 2.32. The van der Waals surface area contributed by atoms with Gasteiger partial charge in [-0.3, -0.25) is 0 Å². The summed E-state index contributed by atoms with van der Waals surface area (Å²) in [6, 6.07) is 14.2. The van der Waals surface area contributed by atoms with Gasteiger partial charge in [0.15, 0.2) is 11.5 Å². The Morgan fingerprint density at radius 1 is 1.05 bits per heavy atom. The largest absolute Gasteiger partial charge is 0.493 e. The first-order valence-electron chi connectivity index (χ1n) is 7.67. The average Bonchev–Trinajstić information content (AvgIpc) is 3.01. The highest BCUT2D eigenvalue weighted by atomic mass is 16.7. The minimum Gasteiger partial charge on any atom is -0.493 e. The molecule has 1 aliphatic rings. The smallest absolute Gasteiger partial charge is 0.231 e. The molecule has 0 aromatic heterocycles. The first-order valence-corrected chi connectivity index (χ1v) is 7.67. The van der Waals surface area contributed by atoms with E-state index in [-0.39, 0.29) is 0 Å². The third kappa shape index (κ3) is 3.52. The van der Waals surface area contributed by atoms with Crippen LogP contribution in [0.3, 0.4) is 0 Å². The Kier molecular flexibility index (Phi) is 4.81. The van der Waals surface area contributed by atoms with Crippen LogP contribution >= 0.6 is 0 Å². The van der Waals surface area contributed by atoms with Crippen molar-refractivity contribution in [2.75, 3.05) is 13.4 Å². The topological polar surface area (TPSA) is 39.7 Å². The number of benzene rings is 2. The molecular weight excluding hydrogens is 278 g/mol. The van der Waals surface area contributed by atoms with Gasteiger partial charge >= 0.3 is 0 Å². The molecule has 0 unspecified atom stereocenters. The average molecular weight is 299 g/mol. The molecular formula is C18H21NO3. The van der Waals surface area contributed by atoms with Crippen molar-refractivity contribution in [2.45, 2.75) is 26.4 Å². The van der Waals surface area contributed by atoms with Gasteiger partial charge in [0, 0.05) is 18.7 Å². The van der Waals surface area contributed by atoms with Crippen molar-refractivity contribution < 1.29 is 14.2 Å². The molecule has 116 valence electrons. The highest BCUT2D eigenvalue weighted by molar-refractivity contribution is 5.44. The Bertz CT molecular complexity index is 627. The van der Waals surface area contributed by atoms with Crippen molar-refractivity contribution in [2.24, 2.45) is 0 Å². The first kappa shape index (κ1) is 14.7. The van der Waals surface area contributed by atoms with E-state index in [1.165, 1.54) is 11.1 Å². The van der Waals surface area contributed by atoms with Crippen LogP contribution in [0.1, 0.15) is 24.5 Å². The number of rotatable bonds is 7. The molecule has 2 aromatic carbocycles. The maximum Gasteiger partial charge on any atom is 0.231 e. The standard InChI is InChI=1S/C18H21NO3/c1-2-9-20-16-6-4-3-5-15(16)12-19-11-14-7-8-17-18(10-14)22-13-21-17/h3-8,10,19H,2,9,11-13H2,1H3. The number of para-hydroxylation sites is 1. The first-order chi connectivity index (χ1) is 10.9. The van der Waals surface area contributed by atoms with Crippen molar-refractivity contribution in [1.82, 2.24) is 5.32 Å². The predicted octanol–water partition coefficient (Wildman–Crippen LogP) is 3.49. The fourth-order valence-electron chi connectivity index (χ4n) is 2.40. The fourth-order valence-corrected chi connectivity index (χ4v) is 2.40. The molecule has 0 fully saturated rings. The molecule has 1 N–H and O–H groups in total. The van der Waals surface area contributed by atoms with Crippen LogP contribution in [0.25, 0.3) is 0 Å². The second-order valence-electron chi connectivity index (χ2n) is 5.25. The van der Waals surface area contributed by atoms with Crippen LogP contribution in [0.2, 0.25) is 0 Å². The molecule has 22 heavy (non-hydrogen) atoms. The summed E-state index contributed by atoms with van der Waals surface area (Å²) in [4.78, 5) is 0. The molecule has 0 spiro atoms. The lowest BCUT2D eigenvalue weighted by atomic mass is 10.1. The normalized spacial score (nSPS) is 12.4. The summed E-state index contributed by atoms with van der Waals surface area (Å²) in [6.07, 6.45) is 1.01. The van der Waals surface area contributed by atoms with Crippen molar-refractivity contribution >= 4 is 0 Å². The van der Waals surface area contributed by atoms with E-state index in [9.17, 15) is 0 Å². The van der Waals surface area contributed by atoms with Crippen LogP contribution in [0.4, 0.5) is 0 Å². The molecule has 1 heterocycles. The van der Waals surface area contributed by atoms with Crippen LogP contribution in [-0.2, 0) is 13.1 Å². The Morgan fingerprint density at radius 3 is 2.82 bits per heavy atom. The number of nitrogens with one attached hydrogen (secondary N) is 1. The van der Waals surface area contributed by atoms with Gasteiger partial charge in [0.1, 0.15) is 5.75 Å². The van der Waals surface area contributed by atoms with Gasteiger partial charge in [-0.1, -0.05) is 31.2 Å². The van der Waals surface area contributed by atoms with Crippen molar-refractivity contribution in [3.63, 3.8) is 0 Å². The molecule has 0 amide bonds. The molecule has 0 atom stereocenters. The van der Waals surface area contributed by atoms with E-state index in [1.54, 1.807) is 0 Å². The summed E-state index contributed by atoms with van der Waals surface area (Å²) in [5.74, 6) is 2.61. The molecule has 1 aliphatic heterocycles. The third-order valence-electron chi connectivity index (χ3n) is 3.52. The van der Waals surface area contributed by atoms with Crippen LogP contribution in [0, 0.1) is 0 Å². The Labute approximate surface area is 131 Å². The predicted molar refractivity (Wildman–Crippen MR) is 85.3 cm³/mol. The van der Waals surface area contributed by atoms with Crippen LogP contribution < -0.4 is 19.5 Å². The zero-order valence-corrected chi connectivity index (χ0v) is 12.8. The van der Waals surface area contributed by atoms with Gasteiger partial charge in [0.2, 0.25) is 6.79 Å². The molecule has 0 radical (unpaired) electrons. The van der Waals surface area contributed by atoms with Gasteiger partial charge in [-0.2, -0.15) is 0 Å². The van der Waals surface area contributed by atoms with E-state index >= 15 is 0 Å². The second-order valence-corrected chi connectivity index (χ2v) is 5.25. The summed E-state index contributed by atoms with van der Waals surface area (Å²) in [5, 5.41) is 3.45. The van der Waals surface area contributed by atoms with Gasteiger partial charge in [-0.05, 0) is 30.2 Å². The molecule has 0 saturated heterocycles. The third-order valence-corrected chi connectivity index (χ3v) is 3.52. The summed E-state index contributed by atoms with van der Waals surface area (Å²) in [7, 11) is 0. The number of fused-ring (bicyclic) bond motifs is 1. The van der Waals surface area contributed by atoms with Gasteiger partial charge in [-0.25, -0.2) is 0 Å².